The van der Waals surface area contributed by atoms with E-state index in [0.717, 1.165) is 12.8 Å². The van der Waals surface area contributed by atoms with Gasteiger partial charge in [0.2, 0.25) is 0 Å². The second-order valence-electron chi connectivity index (χ2n) is 8.37. The Labute approximate surface area is 144 Å². The van der Waals surface area contributed by atoms with Crippen molar-refractivity contribution >= 4 is 11.9 Å². The van der Waals surface area contributed by atoms with E-state index in [-0.39, 0.29) is 30.0 Å². The van der Waals surface area contributed by atoms with E-state index in [1.807, 2.05) is 13.8 Å². The van der Waals surface area contributed by atoms with Gasteiger partial charge in [-0.1, -0.05) is 0 Å². The lowest BCUT2D eigenvalue weighted by Crippen LogP contribution is -2.64. The molecule has 0 aliphatic carbocycles. The van der Waals surface area contributed by atoms with E-state index in [9.17, 15) is 19.8 Å². The van der Waals surface area contributed by atoms with Gasteiger partial charge in [0.15, 0.2) is 0 Å². The first-order valence-electron chi connectivity index (χ1n) is 8.18. The van der Waals surface area contributed by atoms with Crippen LogP contribution in [0.3, 0.4) is 0 Å². The maximum atomic E-state index is 10.00. The SMILES string of the molecule is CC(C)(O)CN1C(C)(C)CC(O)CC1(C)C.O=C(O)CCC(=O)O. The molecule has 0 saturated carbocycles. The van der Waals surface area contributed by atoms with Crippen LogP contribution < -0.4 is 0 Å². The van der Waals surface area contributed by atoms with Crippen LogP contribution in [0.25, 0.3) is 0 Å². The number of piperidine rings is 1. The maximum Gasteiger partial charge on any atom is 0.303 e. The number of hydrogen-bond acceptors (Lipinski definition) is 5. The predicted molar refractivity (Wildman–Crippen MR) is 90.9 cm³/mol. The zero-order valence-corrected chi connectivity index (χ0v) is 15.7. The number of aliphatic hydroxyl groups is 2. The lowest BCUT2D eigenvalue weighted by Gasteiger charge is -2.55. The Morgan fingerprint density at radius 2 is 1.33 bits per heavy atom. The van der Waals surface area contributed by atoms with Gasteiger partial charge in [-0.05, 0) is 54.4 Å². The van der Waals surface area contributed by atoms with Crippen LogP contribution in [0.2, 0.25) is 0 Å². The van der Waals surface area contributed by atoms with E-state index < -0.39 is 17.5 Å². The number of carboxylic acid groups (broad SMARTS) is 2. The van der Waals surface area contributed by atoms with Crippen molar-refractivity contribution in [1.29, 1.82) is 0 Å². The van der Waals surface area contributed by atoms with Crippen molar-refractivity contribution in [2.45, 2.75) is 90.0 Å². The molecule has 7 heteroatoms. The summed E-state index contributed by atoms with van der Waals surface area (Å²) in [4.78, 5) is 21.6. The summed E-state index contributed by atoms with van der Waals surface area (Å²) in [6, 6.07) is 0. The highest BCUT2D eigenvalue weighted by atomic mass is 16.4. The van der Waals surface area contributed by atoms with Gasteiger partial charge in [0.25, 0.3) is 0 Å². The molecule has 1 rings (SSSR count). The number of aliphatic carboxylic acids is 2. The lowest BCUT2D eigenvalue weighted by molar-refractivity contribution is -0.143. The Kier molecular flexibility index (Phi) is 7.86. The summed E-state index contributed by atoms with van der Waals surface area (Å²) in [6.45, 7) is 12.9. The van der Waals surface area contributed by atoms with Crippen LogP contribution in [0, 0.1) is 0 Å². The fourth-order valence-corrected chi connectivity index (χ4v) is 3.29. The summed E-state index contributed by atoms with van der Waals surface area (Å²) in [5.74, 6) is -2.15. The average molecular weight is 347 g/mol. The van der Waals surface area contributed by atoms with Crippen molar-refractivity contribution in [3.63, 3.8) is 0 Å². The Hall–Kier alpha value is -1.18. The summed E-state index contributed by atoms with van der Waals surface area (Å²) < 4.78 is 0. The van der Waals surface area contributed by atoms with Gasteiger partial charge in [-0.2, -0.15) is 0 Å². The number of aliphatic hydroxyl groups excluding tert-OH is 1. The van der Waals surface area contributed by atoms with Gasteiger partial charge in [0.1, 0.15) is 0 Å². The summed E-state index contributed by atoms with van der Waals surface area (Å²) >= 11 is 0. The summed E-state index contributed by atoms with van der Waals surface area (Å²) in [5, 5.41) is 35.7. The highest BCUT2D eigenvalue weighted by Crippen LogP contribution is 2.39. The van der Waals surface area contributed by atoms with Crippen molar-refractivity contribution in [2.75, 3.05) is 6.54 Å². The molecule has 0 aromatic rings. The minimum absolute atomic E-state index is 0.0683. The molecule has 4 N–H and O–H groups in total. The number of carboxylic acids is 2. The molecule has 1 heterocycles. The number of carbonyl (C=O) groups is 2. The number of rotatable bonds is 5. The van der Waals surface area contributed by atoms with Crippen LogP contribution in [0.15, 0.2) is 0 Å². The van der Waals surface area contributed by atoms with Crippen LogP contribution in [0.4, 0.5) is 0 Å². The number of nitrogens with zero attached hydrogens (tertiary/aromatic N) is 1. The topological polar surface area (TPSA) is 118 Å². The average Bonchev–Trinajstić information content (AvgIpc) is 2.30. The minimum atomic E-state index is -1.08. The molecule has 0 radical (unpaired) electrons. The standard InChI is InChI=1S/C13H27NO2.C4H6O4/c1-11(2)7-10(15)8-12(3,4)14(11)9-13(5,6)16;5-3(6)1-2-4(7)8/h10,15-16H,7-9H2,1-6H3;1-2H2,(H,5,6)(H,7,8). The molecule has 24 heavy (non-hydrogen) atoms. The fraction of sp³-hybridized carbons (Fsp3) is 0.882. The Bertz CT molecular complexity index is 407. The number of β-amino-alcohol motifs (C(OH)–C–C–N with tert-alkyl or cyclic N) is 1. The second-order valence-corrected chi connectivity index (χ2v) is 8.37. The van der Waals surface area contributed by atoms with Crippen LogP contribution >= 0.6 is 0 Å². The number of hydrogen-bond donors (Lipinski definition) is 4. The van der Waals surface area contributed by atoms with Gasteiger partial charge in [-0.3, -0.25) is 14.5 Å². The van der Waals surface area contributed by atoms with Gasteiger partial charge in [0.05, 0.1) is 24.5 Å². The van der Waals surface area contributed by atoms with Gasteiger partial charge in [0, 0.05) is 17.6 Å². The third kappa shape index (κ3) is 8.61. The first-order chi connectivity index (χ1) is 10.6. The molecule has 1 saturated heterocycles. The Morgan fingerprint density at radius 1 is 1.00 bits per heavy atom. The Morgan fingerprint density at radius 3 is 1.58 bits per heavy atom. The highest BCUT2D eigenvalue weighted by Gasteiger charge is 2.46. The van der Waals surface area contributed by atoms with Crippen LogP contribution in [-0.2, 0) is 9.59 Å². The molecule has 0 atom stereocenters. The molecule has 142 valence electrons. The summed E-state index contributed by atoms with van der Waals surface area (Å²) in [7, 11) is 0. The van der Waals surface area contributed by atoms with Crippen molar-refractivity contribution in [2.24, 2.45) is 0 Å². The molecule has 0 aromatic carbocycles. The van der Waals surface area contributed by atoms with Crippen LogP contribution in [0.1, 0.15) is 67.2 Å². The van der Waals surface area contributed by atoms with E-state index in [1.165, 1.54) is 0 Å². The second kappa shape index (κ2) is 8.27. The lowest BCUT2D eigenvalue weighted by atomic mass is 9.77. The van der Waals surface area contributed by atoms with E-state index in [4.69, 9.17) is 10.2 Å². The first-order valence-corrected chi connectivity index (χ1v) is 8.18. The molecule has 1 aliphatic rings. The monoisotopic (exact) mass is 347 g/mol. The van der Waals surface area contributed by atoms with E-state index in [0.29, 0.717) is 6.54 Å². The van der Waals surface area contributed by atoms with Gasteiger partial charge in [-0.25, -0.2) is 0 Å². The normalized spacial score (nSPS) is 20.8. The van der Waals surface area contributed by atoms with Crippen molar-refractivity contribution < 1.29 is 30.0 Å². The van der Waals surface area contributed by atoms with Crippen LogP contribution in [0.5, 0.6) is 0 Å². The predicted octanol–water partition coefficient (Wildman–Crippen LogP) is 1.71. The summed E-state index contributed by atoms with van der Waals surface area (Å²) in [6.07, 6.45) is 0.715. The highest BCUT2D eigenvalue weighted by molar-refractivity contribution is 5.75. The third-order valence-corrected chi connectivity index (χ3v) is 4.03. The molecular weight excluding hydrogens is 314 g/mol. The molecule has 1 aliphatic heterocycles. The quantitative estimate of drug-likeness (QED) is 0.598. The van der Waals surface area contributed by atoms with Crippen molar-refractivity contribution in [3.05, 3.63) is 0 Å². The van der Waals surface area contributed by atoms with E-state index in [1.54, 1.807) is 0 Å². The van der Waals surface area contributed by atoms with Crippen LogP contribution in [-0.4, -0.2) is 66.6 Å². The zero-order valence-electron chi connectivity index (χ0n) is 15.7. The molecular formula is C17H33NO6. The summed E-state index contributed by atoms with van der Waals surface area (Å²) in [5.41, 5.74) is -0.834. The molecule has 1 fully saturated rings. The molecule has 0 amide bonds. The van der Waals surface area contributed by atoms with E-state index >= 15 is 0 Å². The van der Waals surface area contributed by atoms with Gasteiger partial charge >= 0.3 is 11.9 Å². The number of likely N-dealkylation sites (tertiary alicyclic amines) is 1. The molecule has 0 aromatic heterocycles. The minimum Gasteiger partial charge on any atom is -0.481 e. The third-order valence-electron chi connectivity index (χ3n) is 4.03. The Balaban J connectivity index is 0.000000561. The molecule has 7 nitrogen and oxygen atoms in total. The van der Waals surface area contributed by atoms with Crippen molar-refractivity contribution in [1.82, 2.24) is 4.90 Å². The molecule has 0 bridgehead atoms. The van der Waals surface area contributed by atoms with E-state index in [2.05, 4.69) is 32.6 Å². The smallest absolute Gasteiger partial charge is 0.303 e. The van der Waals surface area contributed by atoms with Gasteiger partial charge < -0.3 is 20.4 Å². The van der Waals surface area contributed by atoms with Gasteiger partial charge in [-0.15, -0.1) is 0 Å². The maximum absolute atomic E-state index is 10.00. The first kappa shape index (κ1) is 22.8. The molecule has 0 unspecified atom stereocenters. The molecule has 0 spiro atoms. The van der Waals surface area contributed by atoms with Crippen molar-refractivity contribution in [3.8, 4) is 0 Å². The fourth-order valence-electron chi connectivity index (χ4n) is 3.29. The largest absolute Gasteiger partial charge is 0.481 e. The zero-order chi connectivity index (χ0) is 19.3.